The van der Waals surface area contributed by atoms with Crippen LogP contribution in [0, 0.1) is 26.6 Å². The lowest BCUT2D eigenvalue weighted by atomic mass is 10.1. The highest BCUT2D eigenvalue weighted by atomic mass is 32.2. The van der Waals surface area contributed by atoms with Gasteiger partial charge in [0.15, 0.2) is 0 Å². The average molecular weight is 488 g/mol. The van der Waals surface area contributed by atoms with E-state index in [9.17, 15) is 17.6 Å². The fourth-order valence-electron chi connectivity index (χ4n) is 3.89. The molecule has 0 bridgehead atoms. The van der Waals surface area contributed by atoms with Crippen LogP contribution < -0.4 is 10.2 Å². The predicted molar refractivity (Wildman–Crippen MR) is 130 cm³/mol. The molecule has 0 aliphatic carbocycles. The van der Waals surface area contributed by atoms with Crippen LogP contribution in [-0.2, 0) is 10.0 Å². The minimum atomic E-state index is -3.84. The van der Waals surface area contributed by atoms with Crippen molar-refractivity contribution in [2.24, 2.45) is 0 Å². The largest absolute Gasteiger partial charge is 0.369 e. The van der Waals surface area contributed by atoms with Gasteiger partial charge in [0.2, 0.25) is 10.0 Å². The Hall–Kier alpha value is -2.75. The Morgan fingerprint density at radius 2 is 1.67 bits per heavy atom. The molecule has 3 aromatic rings. The third kappa shape index (κ3) is 4.80. The summed E-state index contributed by atoms with van der Waals surface area (Å²) in [6.45, 7) is 7.51. The number of rotatable bonds is 5. The lowest BCUT2D eigenvalue weighted by Crippen LogP contribution is -2.49. The van der Waals surface area contributed by atoms with Gasteiger partial charge in [-0.1, -0.05) is 18.2 Å². The molecule has 1 fully saturated rings. The minimum absolute atomic E-state index is 0.0160. The summed E-state index contributed by atoms with van der Waals surface area (Å²) in [6.07, 6.45) is 0. The Kier molecular flexibility index (Phi) is 6.56. The molecule has 33 heavy (non-hydrogen) atoms. The maximum absolute atomic E-state index is 13.8. The zero-order valence-electron chi connectivity index (χ0n) is 18.8. The molecule has 0 saturated carbocycles. The van der Waals surface area contributed by atoms with Gasteiger partial charge in [-0.15, -0.1) is 11.3 Å². The van der Waals surface area contributed by atoms with Crippen LogP contribution in [0.4, 0.5) is 15.8 Å². The van der Waals surface area contributed by atoms with E-state index in [1.54, 1.807) is 24.4 Å². The van der Waals surface area contributed by atoms with E-state index in [1.807, 2.05) is 13.8 Å². The number of piperazine rings is 1. The monoisotopic (exact) mass is 487 g/mol. The Morgan fingerprint density at radius 1 is 0.970 bits per heavy atom. The van der Waals surface area contributed by atoms with Gasteiger partial charge in [0, 0.05) is 37.6 Å². The normalized spacial score (nSPS) is 15.0. The second kappa shape index (κ2) is 9.24. The molecule has 1 aromatic heterocycles. The standard InChI is InChI=1S/C24H26FN3O3S2/c1-16-4-5-18(3)21(14-16)27-9-11-28(12-10-27)33(30,31)22-8-13-32-23(22)24(29)26-19-7-6-17(2)20(25)15-19/h4-8,13-15H,9-12H2,1-3H3,(H,26,29). The van der Waals surface area contributed by atoms with E-state index >= 15 is 0 Å². The second-order valence-corrected chi connectivity index (χ2v) is 11.0. The summed E-state index contributed by atoms with van der Waals surface area (Å²) in [4.78, 5) is 15.1. The third-order valence-corrected chi connectivity index (χ3v) is 8.81. The minimum Gasteiger partial charge on any atom is -0.369 e. The molecule has 4 rings (SSSR count). The van der Waals surface area contributed by atoms with E-state index in [4.69, 9.17) is 0 Å². The highest BCUT2D eigenvalue weighted by molar-refractivity contribution is 7.89. The van der Waals surface area contributed by atoms with Gasteiger partial charge < -0.3 is 10.2 Å². The van der Waals surface area contributed by atoms with E-state index in [0.717, 1.165) is 28.2 Å². The summed E-state index contributed by atoms with van der Waals surface area (Å²) in [6, 6.07) is 12.1. The molecule has 2 heterocycles. The molecule has 9 heteroatoms. The highest BCUT2D eigenvalue weighted by Crippen LogP contribution is 2.29. The van der Waals surface area contributed by atoms with E-state index in [0.29, 0.717) is 31.7 Å². The van der Waals surface area contributed by atoms with Crippen LogP contribution in [0.5, 0.6) is 0 Å². The molecule has 1 aliphatic heterocycles. The molecule has 0 radical (unpaired) electrons. The van der Waals surface area contributed by atoms with Crippen LogP contribution in [-0.4, -0.2) is 44.8 Å². The molecule has 2 aromatic carbocycles. The van der Waals surface area contributed by atoms with Crippen molar-refractivity contribution in [3.63, 3.8) is 0 Å². The number of nitrogens with one attached hydrogen (secondary N) is 1. The van der Waals surface area contributed by atoms with Gasteiger partial charge in [-0.25, -0.2) is 12.8 Å². The smallest absolute Gasteiger partial charge is 0.267 e. The van der Waals surface area contributed by atoms with Crippen molar-refractivity contribution >= 4 is 38.6 Å². The van der Waals surface area contributed by atoms with Crippen molar-refractivity contribution in [2.75, 3.05) is 36.4 Å². The number of sulfonamides is 1. The number of anilines is 2. The van der Waals surface area contributed by atoms with Crippen molar-refractivity contribution in [3.05, 3.63) is 75.2 Å². The predicted octanol–water partition coefficient (Wildman–Crippen LogP) is 4.58. The Labute approximate surface area is 197 Å². The number of hydrogen-bond acceptors (Lipinski definition) is 5. The quantitative estimate of drug-likeness (QED) is 0.572. The zero-order valence-corrected chi connectivity index (χ0v) is 20.4. The molecular weight excluding hydrogens is 461 g/mol. The molecule has 1 saturated heterocycles. The first-order valence-corrected chi connectivity index (χ1v) is 13.0. The van der Waals surface area contributed by atoms with Gasteiger partial charge in [-0.2, -0.15) is 4.31 Å². The first kappa shape index (κ1) is 23.4. The van der Waals surface area contributed by atoms with Gasteiger partial charge in [0.25, 0.3) is 5.91 Å². The molecule has 6 nitrogen and oxygen atoms in total. The van der Waals surface area contributed by atoms with E-state index in [2.05, 4.69) is 28.4 Å². The summed E-state index contributed by atoms with van der Waals surface area (Å²) in [5.41, 5.74) is 4.18. The number of hydrogen-bond donors (Lipinski definition) is 1. The molecule has 1 N–H and O–H groups in total. The SMILES string of the molecule is Cc1ccc(C)c(N2CCN(S(=O)(=O)c3ccsc3C(=O)Nc3ccc(C)c(F)c3)CC2)c1. The summed E-state index contributed by atoms with van der Waals surface area (Å²) < 4.78 is 42.0. The molecule has 1 aliphatic rings. The van der Waals surface area contributed by atoms with Gasteiger partial charge in [-0.3, -0.25) is 4.79 Å². The first-order valence-electron chi connectivity index (χ1n) is 10.6. The lowest BCUT2D eigenvalue weighted by Gasteiger charge is -2.36. The van der Waals surface area contributed by atoms with Crippen molar-refractivity contribution < 1.29 is 17.6 Å². The Bertz CT molecular complexity index is 1300. The summed E-state index contributed by atoms with van der Waals surface area (Å²) >= 11 is 1.05. The molecule has 0 unspecified atom stereocenters. The zero-order chi connectivity index (χ0) is 23.8. The van der Waals surface area contributed by atoms with Gasteiger partial charge >= 0.3 is 0 Å². The van der Waals surface area contributed by atoms with Crippen LogP contribution in [0.25, 0.3) is 0 Å². The number of thiophene rings is 1. The molecular formula is C24H26FN3O3S2. The van der Waals surface area contributed by atoms with Crippen molar-refractivity contribution in [1.82, 2.24) is 4.31 Å². The van der Waals surface area contributed by atoms with Gasteiger partial charge in [-0.05, 0) is 67.1 Å². The number of halogens is 1. The van der Waals surface area contributed by atoms with Crippen molar-refractivity contribution in [1.29, 1.82) is 0 Å². The number of amides is 1. The molecule has 0 spiro atoms. The van der Waals surface area contributed by atoms with Crippen LogP contribution >= 0.6 is 11.3 Å². The number of carbonyl (C=O) groups is 1. The third-order valence-electron chi connectivity index (χ3n) is 5.83. The summed E-state index contributed by atoms with van der Waals surface area (Å²) in [7, 11) is -3.84. The molecule has 0 atom stereocenters. The second-order valence-electron chi connectivity index (χ2n) is 8.21. The van der Waals surface area contributed by atoms with Gasteiger partial charge in [0.1, 0.15) is 15.6 Å². The van der Waals surface area contributed by atoms with E-state index in [-0.39, 0.29) is 15.5 Å². The number of aryl methyl sites for hydroxylation is 3. The number of nitrogens with zero attached hydrogens (tertiary/aromatic N) is 2. The fraction of sp³-hybridized carbons (Fsp3) is 0.292. The van der Waals surface area contributed by atoms with E-state index in [1.165, 1.54) is 16.4 Å². The number of carbonyl (C=O) groups excluding carboxylic acids is 1. The maximum Gasteiger partial charge on any atom is 0.267 e. The van der Waals surface area contributed by atoms with Crippen LogP contribution in [0.3, 0.4) is 0 Å². The topological polar surface area (TPSA) is 69.7 Å². The van der Waals surface area contributed by atoms with Crippen molar-refractivity contribution in [2.45, 2.75) is 25.7 Å². The van der Waals surface area contributed by atoms with Gasteiger partial charge in [0.05, 0.1) is 0 Å². The highest BCUT2D eigenvalue weighted by Gasteiger charge is 2.33. The Balaban J connectivity index is 1.50. The molecule has 174 valence electrons. The average Bonchev–Trinajstić information content (AvgIpc) is 3.29. The first-order chi connectivity index (χ1) is 15.7. The number of benzene rings is 2. The van der Waals surface area contributed by atoms with Crippen LogP contribution in [0.15, 0.2) is 52.7 Å². The Morgan fingerprint density at radius 3 is 2.36 bits per heavy atom. The van der Waals surface area contributed by atoms with E-state index < -0.39 is 21.7 Å². The van der Waals surface area contributed by atoms with Crippen LogP contribution in [0.1, 0.15) is 26.4 Å². The molecule has 1 amide bonds. The summed E-state index contributed by atoms with van der Waals surface area (Å²) in [5.74, 6) is -1.01. The summed E-state index contributed by atoms with van der Waals surface area (Å²) in [5, 5.41) is 4.20. The lowest BCUT2D eigenvalue weighted by molar-refractivity contribution is 0.102. The fourth-order valence-corrected chi connectivity index (χ4v) is 6.61. The van der Waals surface area contributed by atoms with Crippen molar-refractivity contribution in [3.8, 4) is 0 Å². The maximum atomic E-state index is 13.8. The van der Waals surface area contributed by atoms with Crippen LogP contribution in [0.2, 0.25) is 0 Å².